The first kappa shape index (κ1) is 13.8. The smallest absolute Gasteiger partial charge is 0.149 e. The molecule has 5 nitrogen and oxygen atoms in total. The lowest BCUT2D eigenvalue weighted by Crippen LogP contribution is -2.38. The van der Waals surface area contributed by atoms with Crippen LogP contribution in [0.1, 0.15) is 12.8 Å². The summed E-state index contributed by atoms with van der Waals surface area (Å²) in [6, 6.07) is 3.66. The van der Waals surface area contributed by atoms with E-state index >= 15 is 0 Å². The minimum atomic E-state index is -0.301. The first-order valence-electron chi connectivity index (χ1n) is 6.42. The summed E-state index contributed by atoms with van der Waals surface area (Å²) >= 11 is 0. The van der Waals surface area contributed by atoms with Gasteiger partial charge in [-0.15, -0.1) is 0 Å². The lowest BCUT2D eigenvalue weighted by atomic mass is 10.1. The summed E-state index contributed by atoms with van der Waals surface area (Å²) in [4.78, 5) is 2.10. The van der Waals surface area contributed by atoms with E-state index in [1.54, 1.807) is 21.3 Å². The van der Waals surface area contributed by atoms with E-state index in [4.69, 9.17) is 14.2 Å². The lowest BCUT2D eigenvalue weighted by Gasteiger charge is -2.33. The molecule has 1 saturated heterocycles. The van der Waals surface area contributed by atoms with E-state index in [9.17, 15) is 5.11 Å². The average Bonchev–Trinajstić information content (AvgIpc) is 2.45. The molecule has 1 atom stereocenters. The van der Waals surface area contributed by atoms with Crippen molar-refractivity contribution >= 4 is 5.69 Å². The van der Waals surface area contributed by atoms with Crippen LogP contribution < -0.4 is 19.1 Å². The van der Waals surface area contributed by atoms with Crippen LogP contribution in [-0.4, -0.2) is 45.6 Å². The predicted octanol–water partition coefficient (Wildman–Crippen LogP) is 1.67. The van der Waals surface area contributed by atoms with E-state index in [2.05, 4.69) is 4.90 Å². The molecule has 1 aliphatic rings. The number of piperidine rings is 1. The second-order valence-electron chi connectivity index (χ2n) is 4.62. The summed E-state index contributed by atoms with van der Waals surface area (Å²) in [5.74, 6) is 2.09. The number of ether oxygens (including phenoxy) is 3. The number of methoxy groups -OCH3 is 3. The molecule has 1 aromatic rings. The number of aliphatic hydroxyl groups excluding tert-OH is 1. The number of benzene rings is 1. The Labute approximate surface area is 113 Å². The SMILES string of the molecule is COc1cc(OC)c(N2CCCC(O)C2)c(OC)c1. The predicted molar refractivity (Wildman–Crippen MR) is 73.6 cm³/mol. The maximum Gasteiger partial charge on any atom is 0.149 e. The monoisotopic (exact) mass is 267 g/mol. The van der Waals surface area contributed by atoms with Crippen LogP contribution in [0, 0.1) is 0 Å². The molecule has 1 unspecified atom stereocenters. The highest BCUT2D eigenvalue weighted by Gasteiger charge is 2.24. The van der Waals surface area contributed by atoms with Gasteiger partial charge in [-0.25, -0.2) is 0 Å². The Hall–Kier alpha value is -1.62. The van der Waals surface area contributed by atoms with Gasteiger partial charge in [0, 0.05) is 25.2 Å². The second kappa shape index (κ2) is 6.02. The van der Waals surface area contributed by atoms with Gasteiger partial charge < -0.3 is 24.2 Å². The quantitative estimate of drug-likeness (QED) is 0.899. The van der Waals surface area contributed by atoms with Gasteiger partial charge in [-0.2, -0.15) is 0 Å². The Morgan fingerprint density at radius 2 is 1.74 bits per heavy atom. The molecule has 0 radical (unpaired) electrons. The average molecular weight is 267 g/mol. The molecular weight excluding hydrogens is 246 g/mol. The number of β-amino-alcohol motifs (C(OH)–C–C–N with tert-alkyl or cyclic N) is 1. The molecule has 1 aromatic carbocycles. The van der Waals surface area contributed by atoms with Crippen LogP contribution in [0.2, 0.25) is 0 Å². The highest BCUT2D eigenvalue weighted by molar-refractivity contribution is 5.70. The van der Waals surface area contributed by atoms with Crippen LogP contribution in [0.25, 0.3) is 0 Å². The number of nitrogens with zero attached hydrogens (tertiary/aromatic N) is 1. The van der Waals surface area contributed by atoms with E-state index in [0.717, 1.165) is 25.1 Å². The molecule has 1 heterocycles. The van der Waals surface area contributed by atoms with Gasteiger partial charge in [-0.05, 0) is 12.8 Å². The molecule has 1 N–H and O–H groups in total. The van der Waals surface area contributed by atoms with E-state index in [0.29, 0.717) is 23.8 Å². The second-order valence-corrected chi connectivity index (χ2v) is 4.62. The molecule has 0 spiro atoms. The molecule has 0 aliphatic carbocycles. The van der Waals surface area contributed by atoms with Gasteiger partial charge in [0.15, 0.2) is 0 Å². The van der Waals surface area contributed by atoms with Crippen molar-refractivity contribution in [3.63, 3.8) is 0 Å². The first-order valence-corrected chi connectivity index (χ1v) is 6.42. The molecule has 0 amide bonds. The number of rotatable bonds is 4. The summed E-state index contributed by atoms with van der Waals surface area (Å²) in [7, 11) is 4.86. The van der Waals surface area contributed by atoms with Gasteiger partial charge in [-0.1, -0.05) is 0 Å². The molecule has 2 rings (SSSR count). The van der Waals surface area contributed by atoms with Crippen molar-refractivity contribution < 1.29 is 19.3 Å². The molecule has 1 aliphatic heterocycles. The third-order valence-corrected chi connectivity index (χ3v) is 3.40. The minimum Gasteiger partial charge on any atom is -0.496 e. The van der Waals surface area contributed by atoms with E-state index in [1.807, 2.05) is 12.1 Å². The largest absolute Gasteiger partial charge is 0.496 e. The summed E-state index contributed by atoms with van der Waals surface area (Å²) in [5.41, 5.74) is 0.879. The van der Waals surface area contributed by atoms with Crippen LogP contribution in [0.5, 0.6) is 17.2 Å². The summed E-state index contributed by atoms with van der Waals surface area (Å²) in [6.07, 6.45) is 1.50. The fourth-order valence-corrected chi connectivity index (χ4v) is 2.46. The number of hydrogen-bond donors (Lipinski definition) is 1. The molecule has 1 fully saturated rings. The van der Waals surface area contributed by atoms with Crippen LogP contribution in [0.3, 0.4) is 0 Å². The minimum absolute atomic E-state index is 0.301. The van der Waals surface area contributed by atoms with Gasteiger partial charge in [0.05, 0.1) is 27.4 Å². The maximum atomic E-state index is 9.82. The van der Waals surface area contributed by atoms with Crippen molar-refractivity contribution in [3.05, 3.63) is 12.1 Å². The molecule has 0 saturated carbocycles. The van der Waals surface area contributed by atoms with Crippen molar-refractivity contribution in [3.8, 4) is 17.2 Å². The van der Waals surface area contributed by atoms with Crippen LogP contribution >= 0.6 is 0 Å². The Balaban J connectivity index is 2.41. The molecule has 0 bridgehead atoms. The zero-order chi connectivity index (χ0) is 13.8. The van der Waals surface area contributed by atoms with Crippen molar-refractivity contribution in [2.75, 3.05) is 39.3 Å². The van der Waals surface area contributed by atoms with Crippen molar-refractivity contribution in [2.24, 2.45) is 0 Å². The Kier molecular flexibility index (Phi) is 4.37. The maximum absolute atomic E-state index is 9.82. The summed E-state index contributed by atoms with van der Waals surface area (Å²) in [5, 5.41) is 9.82. The zero-order valence-corrected chi connectivity index (χ0v) is 11.7. The number of hydrogen-bond acceptors (Lipinski definition) is 5. The van der Waals surface area contributed by atoms with Crippen LogP contribution in [-0.2, 0) is 0 Å². The third-order valence-electron chi connectivity index (χ3n) is 3.40. The normalized spacial score (nSPS) is 19.2. The third kappa shape index (κ3) is 2.87. The molecule has 19 heavy (non-hydrogen) atoms. The van der Waals surface area contributed by atoms with Gasteiger partial charge in [0.2, 0.25) is 0 Å². The fourth-order valence-electron chi connectivity index (χ4n) is 2.46. The van der Waals surface area contributed by atoms with Gasteiger partial charge in [0.1, 0.15) is 22.9 Å². The topological polar surface area (TPSA) is 51.2 Å². The Bertz CT molecular complexity index is 410. The Morgan fingerprint density at radius 1 is 1.11 bits per heavy atom. The Morgan fingerprint density at radius 3 is 2.21 bits per heavy atom. The highest BCUT2D eigenvalue weighted by atomic mass is 16.5. The molecule has 0 aromatic heterocycles. The number of aliphatic hydroxyl groups is 1. The van der Waals surface area contributed by atoms with Gasteiger partial charge in [-0.3, -0.25) is 0 Å². The summed E-state index contributed by atoms with van der Waals surface area (Å²) < 4.78 is 16.1. The lowest BCUT2D eigenvalue weighted by molar-refractivity contribution is 0.153. The standard InChI is InChI=1S/C14H21NO4/c1-17-11-7-12(18-2)14(13(8-11)19-3)15-6-4-5-10(16)9-15/h7-8,10,16H,4-6,9H2,1-3H3. The molecular formula is C14H21NO4. The summed E-state index contributed by atoms with van der Waals surface area (Å²) in [6.45, 7) is 1.48. The van der Waals surface area contributed by atoms with Gasteiger partial charge >= 0.3 is 0 Å². The fraction of sp³-hybridized carbons (Fsp3) is 0.571. The van der Waals surface area contributed by atoms with E-state index < -0.39 is 0 Å². The van der Waals surface area contributed by atoms with Gasteiger partial charge in [0.25, 0.3) is 0 Å². The highest BCUT2D eigenvalue weighted by Crippen LogP contribution is 2.42. The molecule has 5 heteroatoms. The zero-order valence-electron chi connectivity index (χ0n) is 11.7. The van der Waals surface area contributed by atoms with Crippen LogP contribution in [0.4, 0.5) is 5.69 Å². The van der Waals surface area contributed by atoms with Crippen molar-refractivity contribution in [1.29, 1.82) is 0 Å². The van der Waals surface area contributed by atoms with Crippen LogP contribution in [0.15, 0.2) is 12.1 Å². The van der Waals surface area contributed by atoms with Crippen molar-refractivity contribution in [1.82, 2.24) is 0 Å². The number of anilines is 1. The first-order chi connectivity index (χ1) is 9.19. The van der Waals surface area contributed by atoms with E-state index in [-0.39, 0.29) is 6.10 Å². The van der Waals surface area contributed by atoms with Crippen molar-refractivity contribution in [2.45, 2.75) is 18.9 Å². The molecule has 106 valence electrons. The van der Waals surface area contributed by atoms with E-state index in [1.165, 1.54) is 0 Å².